The van der Waals surface area contributed by atoms with Gasteiger partial charge in [-0.1, -0.05) is 81.7 Å². The molecule has 1 atom stereocenters. The number of pyridine rings is 1. The molecule has 1 unspecified atom stereocenters. The van der Waals surface area contributed by atoms with E-state index >= 15 is 0 Å². The summed E-state index contributed by atoms with van der Waals surface area (Å²) in [7, 11) is 0. The topological polar surface area (TPSA) is 84.3 Å². The largest absolute Gasteiger partial charge is 0.477 e. The van der Waals surface area contributed by atoms with Crippen molar-refractivity contribution in [2.75, 3.05) is 13.2 Å². The number of rotatable bonds is 14. The molecule has 0 saturated carbocycles. The number of nitrogens with zero attached hydrogens (tertiary/aromatic N) is 2. The van der Waals surface area contributed by atoms with Gasteiger partial charge in [0.25, 0.3) is 0 Å². The van der Waals surface area contributed by atoms with Crippen LogP contribution in [0.25, 0.3) is 11.3 Å². The molecule has 218 valence electrons. The third-order valence-electron chi connectivity index (χ3n) is 7.08. The molecule has 1 aromatic carbocycles. The van der Waals surface area contributed by atoms with Gasteiger partial charge in [-0.05, 0) is 57.9 Å². The van der Waals surface area contributed by atoms with E-state index in [0.717, 1.165) is 37.1 Å². The second kappa shape index (κ2) is 16.8. The van der Waals surface area contributed by atoms with Gasteiger partial charge in [0.1, 0.15) is 10.7 Å². The van der Waals surface area contributed by atoms with Gasteiger partial charge in [-0.15, -0.1) is 11.3 Å². The zero-order valence-corrected chi connectivity index (χ0v) is 25.7. The summed E-state index contributed by atoms with van der Waals surface area (Å²) in [6.07, 6.45) is 14.8. The first-order chi connectivity index (χ1) is 19.3. The van der Waals surface area contributed by atoms with Crippen molar-refractivity contribution in [1.82, 2.24) is 15.3 Å². The van der Waals surface area contributed by atoms with Crippen LogP contribution in [-0.4, -0.2) is 34.2 Å². The van der Waals surface area contributed by atoms with Crippen molar-refractivity contribution in [3.05, 3.63) is 69.3 Å². The SMILES string of the molecule is CCCCCCCCCCNC(C)(C)c1nccs1.O=C(O)c1ccc(C2CCCO2)c(-c2cccc(Cl)c2)n1. The fourth-order valence-electron chi connectivity index (χ4n) is 4.81. The first-order valence-electron chi connectivity index (χ1n) is 14.6. The van der Waals surface area contributed by atoms with Crippen LogP contribution in [0.3, 0.4) is 0 Å². The van der Waals surface area contributed by atoms with Crippen LogP contribution in [0.1, 0.15) is 112 Å². The standard InChI is InChI=1S/C16H14ClNO3.C16H30N2S/c17-11-4-1-3-10(9-11)15-12(14-5-2-8-21-14)6-7-13(18-15)16(19)20;1-4-5-6-7-8-9-10-11-12-18-16(2,3)15-17-13-14-19-15/h1,3-4,6-7,9,14H,2,5,8H2,(H,19,20);13-14,18H,4-12H2,1-3H3. The number of ether oxygens (including phenoxy) is 1. The summed E-state index contributed by atoms with van der Waals surface area (Å²) in [4.78, 5) is 19.9. The highest BCUT2D eigenvalue weighted by Crippen LogP contribution is 2.35. The normalized spacial score (nSPS) is 15.1. The maximum absolute atomic E-state index is 11.2. The van der Waals surface area contributed by atoms with Crippen molar-refractivity contribution in [3.63, 3.8) is 0 Å². The number of carbonyl (C=O) groups is 1. The van der Waals surface area contributed by atoms with Crippen LogP contribution < -0.4 is 5.32 Å². The molecule has 0 bridgehead atoms. The number of nitrogens with one attached hydrogen (secondary N) is 1. The fourth-order valence-corrected chi connectivity index (χ4v) is 5.74. The lowest BCUT2D eigenvalue weighted by Gasteiger charge is -2.23. The summed E-state index contributed by atoms with van der Waals surface area (Å²) >= 11 is 7.77. The quantitative estimate of drug-likeness (QED) is 0.184. The van der Waals surface area contributed by atoms with Crippen LogP contribution in [0, 0.1) is 0 Å². The molecule has 8 heteroatoms. The molecule has 0 aliphatic carbocycles. The molecule has 1 saturated heterocycles. The van der Waals surface area contributed by atoms with Gasteiger partial charge in [-0.2, -0.15) is 0 Å². The van der Waals surface area contributed by atoms with E-state index in [4.69, 9.17) is 21.4 Å². The third kappa shape index (κ3) is 10.3. The second-order valence-electron chi connectivity index (χ2n) is 10.8. The first-order valence-corrected chi connectivity index (χ1v) is 15.8. The third-order valence-corrected chi connectivity index (χ3v) is 8.42. The molecular weight excluding hydrogens is 542 g/mol. The molecule has 3 heterocycles. The van der Waals surface area contributed by atoms with Crippen LogP contribution in [0.5, 0.6) is 0 Å². The van der Waals surface area contributed by atoms with Gasteiger partial charge in [0, 0.05) is 34.3 Å². The molecule has 2 N–H and O–H groups in total. The van der Waals surface area contributed by atoms with Crippen LogP contribution in [0.2, 0.25) is 5.02 Å². The highest BCUT2D eigenvalue weighted by Gasteiger charge is 2.24. The molecule has 4 rings (SSSR count). The Balaban J connectivity index is 0.000000222. The minimum atomic E-state index is -1.04. The molecule has 0 amide bonds. The summed E-state index contributed by atoms with van der Waals surface area (Å²) < 4.78 is 5.71. The Morgan fingerprint density at radius 3 is 2.50 bits per heavy atom. The number of carboxylic acid groups (broad SMARTS) is 1. The minimum absolute atomic E-state index is 0.0201. The summed E-state index contributed by atoms with van der Waals surface area (Å²) in [5, 5.41) is 16.6. The van der Waals surface area contributed by atoms with Gasteiger partial charge < -0.3 is 15.2 Å². The number of hydrogen-bond donors (Lipinski definition) is 2. The summed E-state index contributed by atoms with van der Waals surface area (Å²) in [6.45, 7) is 8.53. The van der Waals surface area contributed by atoms with Gasteiger partial charge in [0.2, 0.25) is 0 Å². The maximum Gasteiger partial charge on any atom is 0.354 e. The number of aromatic nitrogens is 2. The van der Waals surface area contributed by atoms with Crippen molar-refractivity contribution in [3.8, 4) is 11.3 Å². The molecule has 1 fully saturated rings. The lowest BCUT2D eigenvalue weighted by atomic mass is 9.99. The Labute approximate surface area is 248 Å². The van der Waals surface area contributed by atoms with Crippen molar-refractivity contribution < 1.29 is 14.6 Å². The minimum Gasteiger partial charge on any atom is -0.477 e. The summed E-state index contributed by atoms with van der Waals surface area (Å²) in [5.41, 5.74) is 2.39. The molecule has 2 aromatic heterocycles. The molecule has 1 aliphatic rings. The lowest BCUT2D eigenvalue weighted by Crippen LogP contribution is -2.37. The van der Waals surface area contributed by atoms with E-state index in [1.165, 1.54) is 62.4 Å². The number of halogens is 1. The highest BCUT2D eigenvalue weighted by molar-refractivity contribution is 7.09. The fraction of sp³-hybridized carbons (Fsp3) is 0.531. The number of unbranched alkanes of at least 4 members (excludes halogenated alkanes) is 7. The summed E-state index contributed by atoms with van der Waals surface area (Å²) in [6, 6.07) is 10.6. The number of hydrogen-bond acceptors (Lipinski definition) is 6. The highest BCUT2D eigenvalue weighted by atomic mass is 35.5. The van der Waals surface area contributed by atoms with Gasteiger partial charge in [-0.3, -0.25) is 0 Å². The monoisotopic (exact) mass is 585 g/mol. The van der Waals surface area contributed by atoms with Crippen LogP contribution >= 0.6 is 22.9 Å². The molecular formula is C32H44ClN3O3S. The number of benzene rings is 1. The van der Waals surface area contributed by atoms with E-state index in [-0.39, 0.29) is 17.3 Å². The number of carboxylic acids is 1. The molecule has 3 aromatic rings. The zero-order chi connectivity index (χ0) is 28.8. The van der Waals surface area contributed by atoms with E-state index < -0.39 is 5.97 Å². The Bertz CT molecular complexity index is 1160. The Morgan fingerprint density at radius 1 is 1.12 bits per heavy atom. The summed E-state index contributed by atoms with van der Waals surface area (Å²) in [5.74, 6) is -1.04. The number of thiazole rings is 1. The number of aromatic carboxylic acids is 1. The average molecular weight is 586 g/mol. The van der Waals surface area contributed by atoms with E-state index in [9.17, 15) is 4.79 Å². The van der Waals surface area contributed by atoms with Crippen LogP contribution in [0.4, 0.5) is 0 Å². The van der Waals surface area contributed by atoms with E-state index in [1.54, 1.807) is 29.5 Å². The predicted octanol–water partition coefficient (Wildman–Crippen LogP) is 9.06. The van der Waals surface area contributed by atoms with Gasteiger partial charge in [0.15, 0.2) is 0 Å². The molecule has 0 radical (unpaired) electrons. The van der Waals surface area contributed by atoms with Crippen LogP contribution in [0.15, 0.2) is 48.0 Å². The van der Waals surface area contributed by atoms with E-state index in [0.29, 0.717) is 10.7 Å². The van der Waals surface area contributed by atoms with Gasteiger partial charge in [0.05, 0.1) is 17.3 Å². The van der Waals surface area contributed by atoms with E-state index in [1.807, 2.05) is 18.3 Å². The van der Waals surface area contributed by atoms with Crippen molar-refractivity contribution in [2.24, 2.45) is 0 Å². The molecule has 0 spiro atoms. The Morgan fingerprint density at radius 2 is 1.88 bits per heavy atom. The second-order valence-corrected chi connectivity index (χ2v) is 12.1. The van der Waals surface area contributed by atoms with Crippen molar-refractivity contribution in [2.45, 2.75) is 96.6 Å². The predicted molar refractivity (Wildman–Crippen MR) is 165 cm³/mol. The molecule has 40 heavy (non-hydrogen) atoms. The Kier molecular flexibility index (Phi) is 13.5. The van der Waals surface area contributed by atoms with Crippen molar-refractivity contribution >= 4 is 28.9 Å². The lowest BCUT2D eigenvalue weighted by molar-refractivity contribution is 0.0690. The maximum atomic E-state index is 11.2. The van der Waals surface area contributed by atoms with Gasteiger partial charge >= 0.3 is 5.97 Å². The molecule has 6 nitrogen and oxygen atoms in total. The first kappa shape index (κ1) is 32.2. The van der Waals surface area contributed by atoms with Gasteiger partial charge in [-0.25, -0.2) is 14.8 Å². The smallest absolute Gasteiger partial charge is 0.354 e. The Hall–Kier alpha value is -2.32. The zero-order valence-electron chi connectivity index (χ0n) is 24.1. The van der Waals surface area contributed by atoms with Crippen molar-refractivity contribution in [1.29, 1.82) is 0 Å². The van der Waals surface area contributed by atoms with Crippen LogP contribution in [-0.2, 0) is 10.3 Å². The average Bonchev–Trinajstić information content (AvgIpc) is 3.68. The molecule has 1 aliphatic heterocycles. The van der Waals surface area contributed by atoms with E-state index in [2.05, 4.69) is 41.4 Å².